The van der Waals surface area contributed by atoms with Gasteiger partial charge in [0.25, 0.3) is 15.9 Å². The van der Waals surface area contributed by atoms with Crippen LogP contribution in [-0.4, -0.2) is 30.2 Å². The molecule has 7 heteroatoms. The highest BCUT2D eigenvalue weighted by Crippen LogP contribution is 2.53. The van der Waals surface area contributed by atoms with Crippen LogP contribution in [0.2, 0.25) is 0 Å². The monoisotopic (exact) mass is 370 g/mol. The number of hydrogen-bond donors (Lipinski definition) is 1. The molecule has 1 heterocycles. The van der Waals surface area contributed by atoms with Crippen LogP contribution in [0.3, 0.4) is 0 Å². The standard InChI is InChI=1S/C19H18N2O4S/c22-17-19(11-12-5-7-15(19)9-12)20-18(23)21(17)26(24,25)16-8-6-13-3-1-2-4-14(13)10-16/h1-4,6,8,10,12,15H,5,7,9,11H2,(H,20,23). The summed E-state index contributed by atoms with van der Waals surface area (Å²) in [7, 11) is -4.24. The van der Waals surface area contributed by atoms with Crippen molar-refractivity contribution in [1.29, 1.82) is 0 Å². The van der Waals surface area contributed by atoms with Gasteiger partial charge in [0.1, 0.15) is 5.54 Å². The van der Waals surface area contributed by atoms with Gasteiger partial charge in [-0.25, -0.2) is 13.2 Å². The summed E-state index contributed by atoms with van der Waals surface area (Å²) < 4.78 is 26.6. The van der Waals surface area contributed by atoms with Crippen LogP contribution < -0.4 is 5.32 Å². The van der Waals surface area contributed by atoms with Gasteiger partial charge in [-0.1, -0.05) is 30.3 Å². The van der Waals surface area contributed by atoms with Crippen LogP contribution in [0.4, 0.5) is 4.79 Å². The fourth-order valence-corrected chi connectivity index (χ4v) is 6.34. The Labute approximate surface area is 151 Å². The fraction of sp³-hybridized carbons (Fsp3) is 0.368. The zero-order valence-electron chi connectivity index (χ0n) is 14.0. The Hall–Kier alpha value is -2.41. The summed E-state index contributed by atoms with van der Waals surface area (Å²) in [6.07, 6.45) is 3.34. The van der Waals surface area contributed by atoms with Gasteiger partial charge < -0.3 is 5.32 Å². The van der Waals surface area contributed by atoms with E-state index >= 15 is 0 Å². The van der Waals surface area contributed by atoms with Gasteiger partial charge in [0.2, 0.25) is 0 Å². The van der Waals surface area contributed by atoms with E-state index in [1.54, 1.807) is 12.1 Å². The van der Waals surface area contributed by atoms with Crippen molar-refractivity contribution in [2.24, 2.45) is 11.8 Å². The van der Waals surface area contributed by atoms with Crippen LogP contribution in [0.5, 0.6) is 0 Å². The van der Waals surface area contributed by atoms with Gasteiger partial charge in [-0.2, -0.15) is 0 Å². The third kappa shape index (κ3) is 1.95. The number of benzene rings is 2. The van der Waals surface area contributed by atoms with Gasteiger partial charge in [-0.3, -0.25) is 4.79 Å². The summed E-state index contributed by atoms with van der Waals surface area (Å²) in [5, 5.41) is 4.37. The van der Waals surface area contributed by atoms with E-state index in [0.29, 0.717) is 16.6 Å². The first-order valence-electron chi connectivity index (χ1n) is 8.82. The molecule has 2 aliphatic carbocycles. The minimum Gasteiger partial charge on any atom is -0.322 e. The molecular formula is C19H18N2O4S. The first-order chi connectivity index (χ1) is 12.4. The Morgan fingerprint density at radius 2 is 1.81 bits per heavy atom. The summed E-state index contributed by atoms with van der Waals surface area (Å²) >= 11 is 0. The number of nitrogens with one attached hydrogen (secondary N) is 1. The highest BCUT2D eigenvalue weighted by molar-refractivity contribution is 7.90. The molecule has 134 valence electrons. The Morgan fingerprint density at radius 1 is 1.04 bits per heavy atom. The van der Waals surface area contributed by atoms with E-state index in [-0.39, 0.29) is 10.8 Å². The van der Waals surface area contributed by atoms with Gasteiger partial charge in [-0.15, -0.1) is 4.31 Å². The predicted octanol–water partition coefficient (Wildman–Crippen LogP) is 2.64. The molecule has 6 nitrogen and oxygen atoms in total. The number of carbonyl (C=O) groups excluding carboxylic acids is 2. The van der Waals surface area contributed by atoms with Crippen molar-refractivity contribution in [1.82, 2.24) is 9.62 Å². The van der Waals surface area contributed by atoms with Gasteiger partial charge in [-0.05, 0) is 60.4 Å². The van der Waals surface area contributed by atoms with E-state index in [9.17, 15) is 18.0 Å². The van der Waals surface area contributed by atoms with Gasteiger partial charge in [0, 0.05) is 0 Å². The molecule has 2 bridgehead atoms. The number of sulfonamides is 1. The highest BCUT2D eigenvalue weighted by Gasteiger charge is 2.64. The summed E-state index contributed by atoms with van der Waals surface area (Å²) in [6.45, 7) is 0. The third-order valence-electron chi connectivity index (χ3n) is 6.19. The maximum Gasteiger partial charge on any atom is 0.339 e. The summed E-state index contributed by atoms with van der Waals surface area (Å²) in [6, 6.07) is 11.2. The molecule has 3 unspecified atom stereocenters. The molecule has 1 aliphatic heterocycles. The van der Waals surface area contributed by atoms with E-state index in [1.807, 2.05) is 18.2 Å². The van der Waals surface area contributed by atoms with Crippen LogP contribution in [0.1, 0.15) is 25.7 Å². The third-order valence-corrected chi connectivity index (χ3v) is 7.85. The molecule has 2 aromatic rings. The van der Waals surface area contributed by atoms with E-state index in [4.69, 9.17) is 0 Å². The molecule has 2 aromatic carbocycles. The number of imide groups is 1. The molecule has 3 atom stereocenters. The van der Waals surface area contributed by atoms with Crippen molar-refractivity contribution in [3.05, 3.63) is 42.5 Å². The van der Waals surface area contributed by atoms with Crippen LogP contribution in [0, 0.1) is 11.8 Å². The normalized spacial score (nSPS) is 30.5. The Morgan fingerprint density at radius 3 is 2.50 bits per heavy atom. The van der Waals surface area contributed by atoms with Gasteiger partial charge in [0.05, 0.1) is 4.90 Å². The number of hydrogen-bond acceptors (Lipinski definition) is 4. The highest BCUT2D eigenvalue weighted by atomic mass is 32.2. The first-order valence-corrected chi connectivity index (χ1v) is 10.3. The molecule has 0 aromatic heterocycles. The zero-order chi connectivity index (χ0) is 18.1. The maximum absolute atomic E-state index is 13.1. The lowest BCUT2D eigenvalue weighted by atomic mass is 9.81. The molecule has 3 aliphatic rings. The van der Waals surface area contributed by atoms with E-state index < -0.39 is 27.5 Å². The molecule has 26 heavy (non-hydrogen) atoms. The first kappa shape index (κ1) is 15.8. The van der Waals surface area contributed by atoms with Crippen LogP contribution in [-0.2, 0) is 14.8 Å². The van der Waals surface area contributed by atoms with Gasteiger partial charge >= 0.3 is 6.03 Å². The van der Waals surface area contributed by atoms with Crippen molar-refractivity contribution in [3.63, 3.8) is 0 Å². The molecule has 1 N–H and O–H groups in total. The minimum absolute atomic E-state index is 0.0418. The lowest BCUT2D eigenvalue weighted by molar-refractivity contribution is -0.129. The number of amides is 3. The van der Waals surface area contributed by atoms with Crippen LogP contribution in [0.15, 0.2) is 47.4 Å². The molecular weight excluding hydrogens is 352 g/mol. The van der Waals surface area contributed by atoms with Crippen LogP contribution >= 0.6 is 0 Å². The number of rotatable bonds is 2. The Balaban J connectivity index is 1.57. The van der Waals surface area contributed by atoms with Gasteiger partial charge in [0.15, 0.2) is 0 Å². The molecule has 1 spiro atoms. The van der Waals surface area contributed by atoms with Crippen molar-refractivity contribution < 1.29 is 18.0 Å². The smallest absolute Gasteiger partial charge is 0.322 e. The maximum atomic E-state index is 13.1. The van der Waals surface area contributed by atoms with Crippen molar-refractivity contribution in [2.75, 3.05) is 0 Å². The second-order valence-electron chi connectivity index (χ2n) is 7.57. The average molecular weight is 370 g/mol. The average Bonchev–Trinajstić information content (AvgIpc) is 3.28. The second-order valence-corrected chi connectivity index (χ2v) is 9.35. The van der Waals surface area contributed by atoms with Crippen molar-refractivity contribution in [2.45, 2.75) is 36.1 Å². The number of fused-ring (bicyclic) bond motifs is 4. The van der Waals surface area contributed by atoms with E-state index in [0.717, 1.165) is 30.0 Å². The van der Waals surface area contributed by atoms with Crippen LogP contribution in [0.25, 0.3) is 10.8 Å². The summed E-state index contributed by atoms with van der Waals surface area (Å²) in [5.41, 5.74) is -1.02. The molecule has 2 saturated carbocycles. The number of carbonyl (C=O) groups is 2. The molecule has 0 radical (unpaired) electrons. The second kappa shape index (κ2) is 5.07. The fourth-order valence-electron chi connectivity index (χ4n) is 4.97. The van der Waals surface area contributed by atoms with Crippen molar-refractivity contribution in [3.8, 4) is 0 Å². The lowest BCUT2D eigenvalue weighted by Crippen LogP contribution is -2.51. The summed E-state index contributed by atoms with van der Waals surface area (Å²) in [5.74, 6) is -0.170. The Bertz CT molecular complexity index is 1060. The zero-order valence-corrected chi connectivity index (χ0v) is 14.8. The largest absolute Gasteiger partial charge is 0.339 e. The molecule has 5 rings (SSSR count). The SMILES string of the molecule is O=C1NC2(CC3CCC2C3)C(=O)N1S(=O)(=O)c1ccc2ccccc2c1. The molecule has 3 amide bonds. The van der Waals surface area contributed by atoms with E-state index in [1.165, 1.54) is 12.1 Å². The minimum atomic E-state index is -4.24. The Kier molecular flexibility index (Phi) is 3.08. The summed E-state index contributed by atoms with van der Waals surface area (Å²) in [4.78, 5) is 25.6. The van der Waals surface area contributed by atoms with E-state index in [2.05, 4.69) is 5.32 Å². The predicted molar refractivity (Wildman–Crippen MR) is 94.7 cm³/mol. The molecule has 1 saturated heterocycles. The number of nitrogens with zero attached hydrogens (tertiary/aromatic N) is 1. The van der Waals surface area contributed by atoms with Crippen molar-refractivity contribution >= 4 is 32.7 Å². The quantitative estimate of drug-likeness (QED) is 0.824. The topological polar surface area (TPSA) is 83.6 Å². The lowest BCUT2D eigenvalue weighted by Gasteiger charge is -2.30. The molecule has 3 fully saturated rings. The number of urea groups is 1.